The molecule has 0 unspecified atom stereocenters. The molecule has 2 nitrogen and oxygen atoms in total. The first-order chi connectivity index (χ1) is 9.60. The van der Waals surface area contributed by atoms with Crippen LogP contribution in [0, 0.1) is 5.92 Å². The summed E-state index contributed by atoms with van der Waals surface area (Å²) in [5.74, 6) is 0.943. The summed E-state index contributed by atoms with van der Waals surface area (Å²) in [4.78, 5) is 0.442. The van der Waals surface area contributed by atoms with E-state index in [4.69, 9.17) is 18.0 Å². The Morgan fingerprint density at radius 1 is 1.35 bits per heavy atom. The SMILES string of the molecule is CCCC1CCC(Nc2ccc(C(N)=S)cc2Br)CC1. The van der Waals surface area contributed by atoms with Crippen LogP contribution in [0.1, 0.15) is 51.0 Å². The van der Waals surface area contributed by atoms with E-state index in [1.165, 1.54) is 38.5 Å². The highest BCUT2D eigenvalue weighted by atomic mass is 79.9. The van der Waals surface area contributed by atoms with Crippen LogP contribution in [-0.4, -0.2) is 11.0 Å². The lowest BCUT2D eigenvalue weighted by Gasteiger charge is -2.30. The van der Waals surface area contributed by atoms with Gasteiger partial charge in [0, 0.05) is 21.8 Å². The van der Waals surface area contributed by atoms with Gasteiger partial charge in [0.1, 0.15) is 4.99 Å². The molecule has 0 bridgehead atoms. The maximum atomic E-state index is 5.65. The highest BCUT2D eigenvalue weighted by molar-refractivity contribution is 9.10. The number of nitrogens with one attached hydrogen (secondary N) is 1. The predicted molar refractivity (Wildman–Crippen MR) is 94.3 cm³/mol. The van der Waals surface area contributed by atoms with Crippen LogP contribution in [0.15, 0.2) is 22.7 Å². The number of anilines is 1. The zero-order valence-corrected chi connectivity index (χ0v) is 14.4. The number of nitrogens with two attached hydrogens (primary N) is 1. The summed E-state index contributed by atoms with van der Waals surface area (Å²) in [6.07, 6.45) is 7.96. The summed E-state index contributed by atoms with van der Waals surface area (Å²) in [7, 11) is 0. The minimum atomic E-state index is 0.442. The van der Waals surface area contributed by atoms with Crippen molar-refractivity contribution in [2.45, 2.75) is 51.5 Å². The summed E-state index contributed by atoms with van der Waals surface area (Å²) in [6.45, 7) is 2.28. The van der Waals surface area contributed by atoms with E-state index >= 15 is 0 Å². The highest BCUT2D eigenvalue weighted by Gasteiger charge is 2.20. The maximum absolute atomic E-state index is 5.65. The zero-order valence-electron chi connectivity index (χ0n) is 12.0. The summed E-state index contributed by atoms with van der Waals surface area (Å²) in [6, 6.07) is 6.64. The Hall–Kier alpha value is -0.610. The molecule has 1 saturated carbocycles. The van der Waals surface area contributed by atoms with E-state index in [0.29, 0.717) is 11.0 Å². The molecule has 1 aliphatic carbocycles. The average Bonchev–Trinajstić information content (AvgIpc) is 2.43. The van der Waals surface area contributed by atoms with Gasteiger partial charge in [-0.2, -0.15) is 0 Å². The Morgan fingerprint density at radius 3 is 2.60 bits per heavy atom. The van der Waals surface area contributed by atoms with Crippen molar-refractivity contribution in [2.24, 2.45) is 11.7 Å². The van der Waals surface area contributed by atoms with Crippen LogP contribution in [-0.2, 0) is 0 Å². The molecule has 1 aliphatic rings. The first-order valence-electron chi connectivity index (χ1n) is 7.46. The molecular formula is C16H23BrN2S. The summed E-state index contributed by atoms with van der Waals surface area (Å²) < 4.78 is 1.04. The van der Waals surface area contributed by atoms with Crippen LogP contribution in [0.2, 0.25) is 0 Å². The molecular weight excluding hydrogens is 332 g/mol. The lowest BCUT2D eigenvalue weighted by molar-refractivity contribution is 0.319. The van der Waals surface area contributed by atoms with Crippen molar-refractivity contribution in [1.82, 2.24) is 0 Å². The molecule has 2 rings (SSSR count). The van der Waals surface area contributed by atoms with Crippen LogP contribution in [0.5, 0.6) is 0 Å². The van der Waals surface area contributed by atoms with E-state index < -0.39 is 0 Å². The quantitative estimate of drug-likeness (QED) is 0.741. The molecule has 1 aromatic rings. The van der Waals surface area contributed by atoms with E-state index in [-0.39, 0.29) is 0 Å². The fourth-order valence-corrected chi connectivity index (χ4v) is 3.63. The molecule has 1 fully saturated rings. The number of hydrogen-bond donors (Lipinski definition) is 2. The minimum absolute atomic E-state index is 0.442. The van der Waals surface area contributed by atoms with Gasteiger partial charge in [0.05, 0.1) is 0 Å². The normalized spacial score (nSPS) is 22.5. The fourth-order valence-electron chi connectivity index (χ4n) is 3.01. The van der Waals surface area contributed by atoms with Crippen molar-refractivity contribution in [1.29, 1.82) is 0 Å². The van der Waals surface area contributed by atoms with Gasteiger partial charge in [0.2, 0.25) is 0 Å². The highest BCUT2D eigenvalue weighted by Crippen LogP contribution is 2.31. The van der Waals surface area contributed by atoms with Gasteiger partial charge < -0.3 is 11.1 Å². The lowest BCUT2D eigenvalue weighted by Crippen LogP contribution is -2.26. The third-order valence-corrected chi connectivity index (χ3v) is 5.05. The van der Waals surface area contributed by atoms with E-state index in [0.717, 1.165) is 21.6 Å². The van der Waals surface area contributed by atoms with Crippen molar-refractivity contribution in [3.8, 4) is 0 Å². The summed E-state index contributed by atoms with van der Waals surface area (Å²) >= 11 is 8.60. The molecule has 0 amide bonds. The molecule has 4 heteroatoms. The maximum Gasteiger partial charge on any atom is 0.104 e. The molecule has 0 heterocycles. The average molecular weight is 355 g/mol. The van der Waals surface area contributed by atoms with Crippen LogP contribution in [0.25, 0.3) is 0 Å². The van der Waals surface area contributed by atoms with Crippen LogP contribution in [0.3, 0.4) is 0 Å². The molecule has 110 valence electrons. The second-order valence-corrected chi connectivity index (χ2v) is 7.00. The monoisotopic (exact) mass is 354 g/mol. The predicted octanol–water partition coefficient (Wildman–Crippen LogP) is 4.85. The Balaban J connectivity index is 1.93. The van der Waals surface area contributed by atoms with Crippen molar-refractivity contribution < 1.29 is 0 Å². The number of thiocarbonyl (C=S) groups is 1. The summed E-state index contributed by atoms with van der Waals surface area (Å²) in [5.41, 5.74) is 7.70. The van der Waals surface area contributed by atoms with E-state index in [9.17, 15) is 0 Å². The van der Waals surface area contributed by atoms with Gasteiger partial charge >= 0.3 is 0 Å². The first kappa shape index (κ1) is 15.8. The zero-order chi connectivity index (χ0) is 14.5. The Bertz CT molecular complexity index is 468. The number of hydrogen-bond acceptors (Lipinski definition) is 2. The van der Waals surface area contributed by atoms with Crippen LogP contribution < -0.4 is 11.1 Å². The molecule has 0 atom stereocenters. The Morgan fingerprint density at radius 2 is 2.05 bits per heavy atom. The third kappa shape index (κ3) is 4.19. The van der Waals surface area contributed by atoms with Crippen LogP contribution >= 0.6 is 28.1 Å². The Kier molecular flexibility index (Phi) is 5.85. The molecule has 20 heavy (non-hydrogen) atoms. The standard InChI is InChI=1S/C16H23BrN2S/c1-2-3-11-4-7-13(8-5-11)19-15-9-6-12(16(18)20)10-14(15)17/h6,9-11,13,19H,2-5,7-8H2,1H3,(H2,18,20). The summed E-state index contributed by atoms with van der Waals surface area (Å²) in [5, 5.41) is 3.65. The number of rotatable bonds is 5. The number of halogens is 1. The topological polar surface area (TPSA) is 38.0 Å². The van der Waals surface area contributed by atoms with E-state index in [2.05, 4.69) is 34.2 Å². The third-order valence-electron chi connectivity index (χ3n) is 4.16. The van der Waals surface area contributed by atoms with Crippen molar-refractivity contribution in [3.05, 3.63) is 28.2 Å². The Labute approximate surface area is 135 Å². The van der Waals surface area contributed by atoms with Gasteiger partial charge in [-0.3, -0.25) is 0 Å². The van der Waals surface area contributed by atoms with Gasteiger partial charge in [0.25, 0.3) is 0 Å². The molecule has 0 aromatic heterocycles. The molecule has 0 radical (unpaired) electrons. The largest absolute Gasteiger partial charge is 0.389 e. The first-order valence-corrected chi connectivity index (χ1v) is 8.66. The minimum Gasteiger partial charge on any atom is -0.389 e. The molecule has 0 aliphatic heterocycles. The van der Waals surface area contributed by atoms with Crippen molar-refractivity contribution >= 4 is 38.8 Å². The van der Waals surface area contributed by atoms with Crippen molar-refractivity contribution in [2.75, 3.05) is 5.32 Å². The second-order valence-electron chi connectivity index (χ2n) is 5.71. The molecule has 3 N–H and O–H groups in total. The molecule has 0 spiro atoms. The van der Waals surface area contributed by atoms with E-state index in [1.807, 2.05) is 12.1 Å². The van der Waals surface area contributed by atoms with Gasteiger partial charge in [-0.1, -0.05) is 32.0 Å². The second kappa shape index (κ2) is 7.41. The van der Waals surface area contributed by atoms with Gasteiger partial charge in [0.15, 0.2) is 0 Å². The van der Waals surface area contributed by atoms with Crippen molar-refractivity contribution in [3.63, 3.8) is 0 Å². The molecule has 0 saturated heterocycles. The molecule has 1 aromatic carbocycles. The lowest BCUT2D eigenvalue weighted by atomic mass is 9.83. The van der Waals surface area contributed by atoms with Gasteiger partial charge in [-0.15, -0.1) is 0 Å². The van der Waals surface area contributed by atoms with Crippen LogP contribution in [0.4, 0.5) is 5.69 Å². The smallest absolute Gasteiger partial charge is 0.104 e. The number of benzene rings is 1. The van der Waals surface area contributed by atoms with Gasteiger partial charge in [-0.25, -0.2) is 0 Å². The van der Waals surface area contributed by atoms with E-state index in [1.54, 1.807) is 0 Å². The fraction of sp³-hybridized carbons (Fsp3) is 0.562. The van der Waals surface area contributed by atoms with Gasteiger partial charge in [-0.05, 0) is 65.7 Å².